The molecule has 0 aliphatic rings. The van der Waals surface area contributed by atoms with Gasteiger partial charge in [-0.15, -0.1) is 0 Å². The molecule has 4 heterocycles. The van der Waals surface area contributed by atoms with Gasteiger partial charge >= 0.3 is 0 Å². The van der Waals surface area contributed by atoms with Crippen molar-refractivity contribution < 1.29 is 4.79 Å². The Kier molecular flexibility index (Phi) is 3.42. The molecule has 0 aliphatic heterocycles. The first-order valence-corrected chi connectivity index (χ1v) is 7.73. The first kappa shape index (κ1) is 14.3. The number of aryl methyl sites for hydroxylation is 1. The maximum atomic E-state index is 11.2. The summed E-state index contributed by atoms with van der Waals surface area (Å²) in [6.07, 6.45) is 5.18. The van der Waals surface area contributed by atoms with Crippen LogP contribution in [0, 0.1) is 0 Å². The standard InChI is InChI=1S/C18H15N5O/c1-2-13-4-3-5-15(20-13)18-17(21-16(11-24)22-18)12-7-9-23-14(10-12)6-8-19-23/h3-11H,2H2,1H3,(H,21,22). The molecule has 24 heavy (non-hydrogen) atoms. The van der Waals surface area contributed by atoms with E-state index in [1.54, 1.807) is 10.7 Å². The molecule has 0 aromatic carbocycles. The van der Waals surface area contributed by atoms with E-state index in [9.17, 15) is 4.79 Å². The minimum atomic E-state index is 0.289. The molecule has 0 aliphatic carbocycles. The van der Waals surface area contributed by atoms with Crippen molar-refractivity contribution in [1.29, 1.82) is 0 Å². The maximum Gasteiger partial charge on any atom is 0.185 e. The molecule has 1 N–H and O–H groups in total. The highest BCUT2D eigenvalue weighted by atomic mass is 16.1. The van der Waals surface area contributed by atoms with Gasteiger partial charge in [0.25, 0.3) is 0 Å². The molecule has 4 aromatic rings. The Morgan fingerprint density at radius 2 is 2.12 bits per heavy atom. The summed E-state index contributed by atoms with van der Waals surface area (Å²) in [4.78, 5) is 23.3. The summed E-state index contributed by atoms with van der Waals surface area (Å²) in [7, 11) is 0. The largest absolute Gasteiger partial charge is 0.334 e. The fourth-order valence-electron chi connectivity index (χ4n) is 2.73. The van der Waals surface area contributed by atoms with E-state index in [0.29, 0.717) is 12.0 Å². The molecule has 0 fully saturated rings. The molecule has 0 atom stereocenters. The zero-order valence-corrected chi connectivity index (χ0v) is 13.1. The highest BCUT2D eigenvalue weighted by molar-refractivity contribution is 5.82. The van der Waals surface area contributed by atoms with Crippen molar-refractivity contribution in [2.75, 3.05) is 0 Å². The minimum absolute atomic E-state index is 0.289. The second-order valence-corrected chi connectivity index (χ2v) is 5.45. The van der Waals surface area contributed by atoms with Gasteiger partial charge < -0.3 is 4.98 Å². The predicted octanol–water partition coefficient (Wildman–Crippen LogP) is 3.16. The second kappa shape index (κ2) is 5.73. The van der Waals surface area contributed by atoms with E-state index in [2.05, 4.69) is 27.0 Å². The van der Waals surface area contributed by atoms with Gasteiger partial charge in [0.05, 0.1) is 22.6 Å². The molecule has 118 valence electrons. The van der Waals surface area contributed by atoms with Crippen molar-refractivity contribution in [3.05, 3.63) is 60.3 Å². The topological polar surface area (TPSA) is 75.9 Å². The third-order valence-electron chi connectivity index (χ3n) is 3.93. The fourth-order valence-corrected chi connectivity index (χ4v) is 2.73. The van der Waals surface area contributed by atoms with Crippen LogP contribution in [0.4, 0.5) is 0 Å². The number of aromatic amines is 1. The Hall–Kier alpha value is -3.28. The van der Waals surface area contributed by atoms with E-state index < -0.39 is 0 Å². The molecule has 0 spiro atoms. The first-order chi connectivity index (χ1) is 11.8. The van der Waals surface area contributed by atoms with Gasteiger partial charge in [-0.25, -0.2) is 9.50 Å². The Labute approximate surface area is 138 Å². The molecule has 0 saturated heterocycles. The number of carbonyl (C=O) groups is 1. The van der Waals surface area contributed by atoms with Crippen LogP contribution in [0.15, 0.2) is 48.8 Å². The van der Waals surface area contributed by atoms with Crippen LogP contribution in [0.5, 0.6) is 0 Å². The van der Waals surface area contributed by atoms with Gasteiger partial charge in [0.15, 0.2) is 12.1 Å². The fraction of sp³-hybridized carbons (Fsp3) is 0.111. The van der Waals surface area contributed by atoms with E-state index in [1.807, 2.05) is 42.6 Å². The lowest BCUT2D eigenvalue weighted by Crippen LogP contribution is -1.93. The number of rotatable bonds is 4. The van der Waals surface area contributed by atoms with Crippen molar-refractivity contribution in [3.63, 3.8) is 0 Å². The Morgan fingerprint density at radius 1 is 1.21 bits per heavy atom. The van der Waals surface area contributed by atoms with Crippen LogP contribution in [-0.2, 0) is 6.42 Å². The quantitative estimate of drug-likeness (QED) is 0.587. The molecule has 6 heteroatoms. The average Bonchev–Trinajstić information content (AvgIpc) is 3.27. The molecular formula is C18H15N5O. The minimum Gasteiger partial charge on any atom is -0.334 e. The number of nitrogens with one attached hydrogen (secondary N) is 1. The maximum absolute atomic E-state index is 11.2. The lowest BCUT2D eigenvalue weighted by Gasteiger charge is -2.05. The summed E-state index contributed by atoms with van der Waals surface area (Å²) in [5.74, 6) is 0.289. The number of nitrogens with zero attached hydrogens (tertiary/aromatic N) is 4. The van der Waals surface area contributed by atoms with Gasteiger partial charge in [0, 0.05) is 23.7 Å². The van der Waals surface area contributed by atoms with Gasteiger partial charge in [-0.2, -0.15) is 5.10 Å². The highest BCUT2D eigenvalue weighted by Crippen LogP contribution is 2.29. The summed E-state index contributed by atoms with van der Waals surface area (Å²) >= 11 is 0. The molecule has 0 unspecified atom stereocenters. The molecule has 0 bridgehead atoms. The SMILES string of the molecule is CCc1cccc(-c2[nH]c(C=O)nc2-c2ccn3nccc3c2)n1. The van der Waals surface area contributed by atoms with Crippen molar-refractivity contribution in [3.8, 4) is 22.6 Å². The molecule has 0 saturated carbocycles. The number of aldehydes is 1. The van der Waals surface area contributed by atoms with E-state index in [1.165, 1.54) is 0 Å². The zero-order chi connectivity index (χ0) is 16.5. The van der Waals surface area contributed by atoms with Crippen LogP contribution in [0.3, 0.4) is 0 Å². The van der Waals surface area contributed by atoms with Gasteiger partial charge in [0.2, 0.25) is 0 Å². The first-order valence-electron chi connectivity index (χ1n) is 7.73. The smallest absolute Gasteiger partial charge is 0.185 e. The normalized spacial score (nSPS) is 11.0. The number of hydrogen-bond acceptors (Lipinski definition) is 4. The lowest BCUT2D eigenvalue weighted by atomic mass is 10.1. The van der Waals surface area contributed by atoms with Crippen molar-refractivity contribution in [2.45, 2.75) is 13.3 Å². The summed E-state index contributed by atoms with van der Waals surface area (Å²) in [5.41, 5.74) is 5.10. The predicted molar refractivity (Wildman–Crippen MR) is 90.8 cm³/mol. The number of carbonyl (C=O) groups excluding carboxylic acids is 1. The Bertz CT molecular complexity index is 1030. The summed E-state index contributed by atoms with van der Waals surface area (Å²) < 4.78 is 1.78. The van der Waals surface area contributed by atoms with Crippen LogP contribution in [0.1, 0.15) is 23.2 Å². The van der Waals surface area contributed by atoms with Gasteiger partial charge in [-0.3, -0.25) is 9.78 Å². The van der Waals surface area contributed by atoms with Crippen LogP contribution in [0.25, 0.3) is 28.2 Å². The highest BCUT2D eigenvalue weighted by Gasteiger charge is 2.15. The summed E-state index contributed by atoms with van der Waals surface area (Å²) in [5, 5.41) is 4.20. The number of hydrogen-bond donors (Lipinski definition) is 1. The molecule has 4 rings (SSSR count). The van der Waals surface area contributed by atoms with Crippen molar-refractivity contribution >= 4 is 11.8 Å². The molecule has 6 nitrogen and oxygen atoms in total. The van der Waals surface area contributed by atoms with Crippen LogP contribution < -0.4 is 0 Å². The lowest BCUT2D eigenvalue weighted by molar-refractivity contribution is 0.111. The molecule has 0 amide bonds. The number of imidazole rings is 1. The molecule has 4 aromatic heterocycles. The summed E-state index contributed by atoms with van der Waals surface area (Å²) in [6.45, 7) is 2.06. The van der Waals surface area contributed by atoms with Crippen molar-refractivity contribution in [1.82, 2.24) is 24.6 Å². The Balaban J connectivity index is 1.91. The third kappa shape index (κ3) is 2.38. The van der Waals surface area contributed by atoms with Gasteiger partial charge in [0.1, 0.15) is 0 Å². The third-order valence-corrected chi connectivity index (χ3v) is 3.93. The van der Waals surface area contributed by atoms with E-state index in [4.69, 9.17) is 0 Å². The van der Waals surface area contributed by atoms with Crippen LogP contribution in [-0.4, -0.2) is 30.9 Å². The van der Waals surface area contributed by atoms with Crippen LogP contribution in [0.2, 0.25) is 0 Å². The van der Waals surface area contributed by atoms with E-state index >= 15 is 0 Å². The molecule has 0 radical (unpaired) electrons. The molecular weight excluding hydrogens is 302 g/mol. The summed E-state index contributed by atoms with van der Waals surface area (Å²) in [6, 6.07) is 11.7. The number of pyridine rings is 2. The second-order valence-electron chi connectivity index (χ2n) is 5.45. The number of fused-ring (bicyclic) bond motifs is 1. The van der Waals surface area contributed by atoms with E-state index in [-0.39, 0.29) is 5.82 Å². The van der Waals surface area contributed by atoms with Gasteiger partial charge in [-0.1, -0.05) is 13.0 Å². The number of aromatic nitrogens is 5. The van der Waals surface area contributed by atoms with Crippen molar-refractivity contribution in [2.24, 2.45) is 0 Å². The van der Waals surface area contributed by atoms with E-state index in [0.717, 1.165) is 34.6 Å². The monoisotopic (exact) mass is 317 g/mol. The zero-order valence-electron chi connectivity index (χ0n) is 13.1. The number of H-pyrrole nitrogens is 1. The average molecular weight is 317 g/mol. The van der Waals surface area contributed by atoms with Crippen LogP contribution >= 0.6 is 0 Å². The Morgan fingerprint density at radius 3 is 2.96 bits per heavy atom. The van der Waals surface area contributed by atoms with Gasteiger partial charge in [-0.05, 0) is 36.8 Å².